The van der Waals surface area contributed by atoms with E-state index in [1.165, 1.54) is 25.7 Å². The zero-order valence-electron chi connectivity index (χ0n) is 11.7. The molecule has 0 unspecified atom stereocenters. The number of rotatable bonds is 6. The lowest BCUT2D eigenvalue weighted by Gasteiger charge is -2.26. The summed E-state index contributed by atoms with van der Waals surface area (Å²) in [6.07, 6.45) is 7.27. The first-order valence-corrected chi connectivity index (χ1v) is 8.55. The first kappa shape index (κ1) is 15.7. The highest BCUT2D eigenvalue weighted by Crippen LogP contribution is 2.39. The van der Waals surface area contributed by atoms with Crippen LogP contribution in [0.15, 0.2) is 24.3 Å². The van der Waals surface area contributed by atoms with E-state index in [1.54, 1.807) is 12.1 Å². The first-order valence-electron chi connectivity index (χ1n) is 6.95. The minimum Gasteiger partial charge on any atom is -0.325 e. The molecule has 0 bridgehead atoms. The second kappa shape index (κ2) is 7.34. The Kier molecular flexibility index (Phi) is 5.75. The van der Waals surface area contributed by atoms with E-state index in [1.807, 2.05) is 23.9 Å². The molecule has 0 aliphatic heterocycles. The third-order valence-electron chi connectivity index (χ3n) is 3.79. The van der Waals surface area contributed by atoms with Crippen LogP contribution in [0.1, 0.15) is 25.7 Å². The number of thioether (sulfide) groups is 1. The van der Waals surface area contributed by atoms with E-state index < -0.39 is 0 Å². The maximum atomic E-state index is 11.9. The van der Waals surface area contributed by atoms with Crippen LogP contribution in [0.2, 0.25) is 5.02 Å². The molecule has 1 aliphatic rings. The maximum absolute atomic E-state index is 11.9. The Labute approximate surface area is 129 Å². The Morgan fingerprint density at radius 1 is 1.40 bits per heavy atom. The first-order chi connectivity index (χ1) is 9.63. The number of hydrogen-bond acceptors (Lipinski definition) is 3. The molecule has 3 nitrogen and oxygen atoms in total. The quantitative estimate of drug-likeness (QED) is 0.844. The van der Waals surface area contributed by atoms with Crippen LogP contribution in [0.3, 0.4) is 0 Å². The maximum Gasteiger partial charge on any atom is 0.238 e. The number of nitrogens with one attached hydrogen (secondary N) is 2. The Morgan fingerprint density at radius 3 is 2.80 bits per heavy atom. The van der Waals surface area contributed by atoms with Gasteiger partial charge in [0, 0.05) is 22.0 Å². The molecule has 1 aromatic rings. The third kappa shape index (κ3) is 4.40. The van der Waals surface area contributed by atoms with Gasteiger partial charge in [-0.25, -0.2) is 0 Å². The van der Waals surface area contributed by atoms with Crippen LogP contribution in [-0.2, 0) is 4.79 Å². The molecule has 0 atom stereocenters. The van der Waals surface area contributed by atoms with E-state index in [0.29, 0.717) is 16.3 Å². The predicted molar refractivity (Wildman–Crippen MR) is 87.7 cm³/mol. The summed E-state index contributed by atoms with van der Waals surface area (Å²) in [4.78, 5) is 11.9. The molecule has 1 aromatic carbocycles. The molecule has 1 amide bonds. The van der Waals surface area contributed by atoms with E-state index in [0.717, 1.165) is 12.2 Å². The van der Waals surface area contributed by atoms with Gasteiger partial charge in [-0.05, 0) is 37.3 Å². The van der Waals surface area contributed by atoms with Crippen LogP contribution in [-0.4, -0.2) is 30.0 Å². The van der Waals surface area contributed by atoms with Gasteiger partial charge in [0.1, 0.15) is 0 Å². The van der Waals surface area contributed by atoms with Gasteiger partial charge in [0.05, 0.1) is 6.54 Å². The van der Waals surface area contributed by atoms with Gasteiger partial charge in [0.25, 0.3) is 0 Å². The predicted octanol–water partition coefficient (Wildman–Crippen LogP) is 3.54. The van der Waals surface area contributed by atoms with Gasteiger partial charge in [0.2, 0.25) is 5.91 Å². The molecule has 0 aromatic heterocycles. The van der Waals surface area contributed by atoms with Crippen molar-refractivity contribution in [2.24, 2.45) is 0 Å². The van der Waals surface area contributed by atoms with Gasteiger partial charge < -0.3 is 10.6 Å². The summed E-state index contributed by atoms with van der Waals surface area (Å²) in [6, 6.07) is 7.20. The van der Waals surface area contributed by atoms with Crippen molar-refractivity contribution >= 4 is 35.0 Å². The second-order valence-electron chi connectivity index (χ2n) is 5.26. The smallest absolute Gasteiger partial charge is 0.238 e. The van der Waals surface area contributed by atoms with E-state index in [2.05, 4.69) is 16.9 Å². The molecule has 5 heteroatoms. The number of benzene rings is 1. The Morgan fingerprint density at radius 2 is 2.15 bits per heavy atom. The highest BCUT2D eigenvalue weighted by atomic mass is 35.5. The van der Waals surface area contributed by atoms with Crippen molar-refractivity contribution in [2.75, 3.05) is 24.7 Å². The molecular formula is C15H21ClN2OS. The second-order valence-corrected chi connectivity index (χ2v) is 6.97. The lowest BCUT2D eigenvalue weighted by Crippen LogP contribution is -2.39. The SMILES string of the molecule is CSC1(CNCC(=O)Nc2cccc(Cl)c2)CCCC1. The highest BCUT2D eigenvalue weighted by molar-refractivity contribution is 8.00. The molecule has 2 rings (SSSR count). The van der Waals surface area contributed by atoms with Crippen molar-refractivity contribution in [2.45, 2.75) is 30.4 Å². The number of carbonyl (C=O) groups excluding carboxylic acids is 1. The highest BCUT2D eigenvalue weighted by Gasteiger charge is 2.32. The summed E-state index contributed by atoms with van der Waals surface area (Å²) in [6.45, 7) is 1.24. The number of halogens is 1. The summed E-state index contributed by atoms with van der Waals surface area (Å²) in [5, 5.41) is 6.76. The average molecular weight is 313 g/mol. The fourth-order valence-electron chi connectivity index (χ4n) is 2.65. The lowest BCUT2D eigenvalue weighted by atomic mass is 10.1. The third-order valence-corrected chi connectivity index (χ3v) is 5.44. The number of hydrogen-bond donors (Lipinski definition) is 2. The topological polar surface area (TPSA) is 41.1 Å². The molecule has 1 aliphatic carbocycles. The van der Waals surface area contributed by atoms with Gasteiger partial charge in [0.15, 0.2) is 0 Å². The molecule has 1 fully saturated rings. The Balaban J connectivity index is 1.75. The fourth-order valence-corrected chi connectivity index (χ4v) is 3.78. The van der Waals surface area contributed by atoms with Crippen molar-refractivity contribution in [1.82, 2.24) is 5.32 Å². The molecular weight excluding hydrogens is 292 g/mol. The molecule has 0 radical (unpaired) electrons. The van der Waals surface area contributed by atoms with Crippen LogP contribution in [0.25, 0.3) is 0 Å². The minimum absolute atomic E-state index is 0.0264. The molecule has 2 N–H and O–H groups in total. The number of amides is 1. The zero-order valence-corrected chi connectivity index (χ0v) is 13.3. The van der Waals surface area contributed by atoms with Crippen molar-refractivity contribution in [3.63, 3.8) is 0 Å². The Bertz CT molecular complexity index is 461. The van der Waals surface area contributed by atoms with Crippen LogP contribution >= 0.6 is 23.4 Å². The van der Waals surface area contributed by atoms with Crippen molar-refractivity contribution in [3.8, 4) is 0 Å². The van der Waals surface area contributed by atoms with Crippen LogP contribution in [0.5, 0.6) is 0 Å². The summed E-state index contributed by atoms with van der Waals surface area (Å²) >= 11 is 7.81. The van der Waals surface area contributed by atoms with E-state index >= 15 is 0 Å². The molecule has 20 heavy (non-hydrogen) atoms. The summed E-state index contributed by atoms with van der Waals surface area (Å²) < 4.78 is 0.330. The van der Waals surface area contributed by atoms with Crippen molar-refractivity contribution in [3.05, 3.63) is 29.3 Å². The van der Waals surface area contributed by atoms with Crippen LogP contribution in [0.4, 0.5) is 5.69 Å². The van der Waals surface area contributed by atoms with E-state index in [-0.39, 0.29) is 5.91 Å². The Hall–Kier alpha value is -0.710. The fraction of sp³-hybridized carbons (Fsp3) is 0.533. The minimum atomic E-state index is -0.0264. The molecule has 0 heterocycles. The van der Waals surface area contributed by atoms with Gasteiger partial charge in [-0.3, -0.25) is 4.79 Å². The number of anilines is 1. The van der Waals surface area contributed by atoms with Gasteiger partial charge in [-0.2, -0.15) is 11.8 Å². The lowest BCUT2D eigenvalue weighted by molar-refractivity contribution is -0.115. The molecule has 0 saturated heterocycles. The summed E-state index contributed by atoms with van der Waals surface area (Å²) in [5.74, 6) is -0.0264. The normalized spacial score (nSPS) is 17.1. The van der Waals surface area contributed by atoms with E-state index in [9.17, 15) is 4.79 Å². The average Bonchev–Trinajstić information content (AvgIpc) is 2.88. The molecule has 110 valence electrons. The van der Waals surface area contributed by atoms with E-state index in [4.69, 9.17) is 11.6 Å². The monoisotopic (exact) mass is 312 g/mol. The zero-order chi connectivity index (χ0) is 14.4. The van der Waals surface area contributed by atoms with Gasteiger partial charge >= 0.3 is 0 Å². The van der Waals surface area contributed by atoms with Gasteiger partial charge in [-0.15, -0.1) is 0 Å². The summed E-state index contributed by atoms with van der Waals surface area (Å²) in [7, 11) is 0. The van der Waals surface area contributed by atoms with Crippen molar-refractivity contribution < 1.29 is 4.79 Å². The summed E-state index contributed by atoms with van der Waals surface area (Å²) in [5.41, 5.74) is 0.741. The number of carbonyl (C=O) groups is 1. The van der Waals surface area contributed by atoms with Gasteiger partial charge in [-0.1, -0.05) is 30.5 Å². The molecule has 1 saturated carbocycles. The van der Waals surface area contributed by atoms with Crippen LogP contribution in [0, 0.1) is 0 Å². The van der Waals surface area contributed by atoms with Crippen molar-refractivity contribution in [1.29, 1.82) is 0 Å². The van der Waals surface area contributed by atoms with Crippen LogP contribution < -0.4 is 10.6 Å². The standard InChI is InChI=1S/C15H21ClN2OS/c1-20-15(7-2-3-8-15)11-17-10-14(19)18-13-6-4-5-12(16)9-13/h4-6,9,17H,2-3,7-8,10-11H2,1H3,(H,18,19). The largest absolute Gasteiger partial charge is 0.325 e. The molecule has 0 spiro atoms.